The highest BCUT2D eigenvalue weighted by Gasteiger charge is 2.06. The van der Waals surface area contributed by atoms with Gasteiger partial charge < -0.3 is 14.8 Å². The lowest BCUT2D eigenvalue weighted by molar-refractivity contribution is 0.413. The van der Waals surface area contributed by atoms with Crippen LogP contribution in [0.4, 0.5) is 5.69 Å². The van der Waals surface area contributed by atoms with Gasteiger partial charge in [-0.3, -0.25) is 0 Å². The zero-order chi connectivity index (χ0) is 16.1. The van der Waals surface area contributed by atoms with Crippen molar-refractivity contribution >= 4 is 28.6 Å². The van der Waals surface area contributed by atoms with Gasteiger partial charge in [-0.1, -0.05) is 23.7 Å². The lowest BCUT2D eigenvalue weighted by Crippen LogP contribution is -1.99. The largest absolute Gasteiger partial charge is 0.497 e. The van der Waals surface area contributed by atoms with Gasteiger partial charge in [0.1, 0.15) is 11.5 Å². The third-order valence-electron chi connectivity index (χ3n) is 3.15. The van der Waals surface area contributed by atoms with Crippen molar-refractivity contribution in [2.45, 2.75) is 6.54 Å². The number of nitrogens with zero attached hydrogens (tertiary/aromatic N) is 1. The van der Waals surface area contributed by atoms with Gasteiger partial charge in [-0.25, -0.2) is 4.98 Å². The van der Waals surface area contributed by atoms with E-state index in [4.69, 9.17) is 21.1 Å². The van der Waals surface area contributed by atoms with Crippen molar-refractivity contribution in [1.82, 2.24) is 4.98 Å². The molecule has 3 rings (SSSR count). The number of thiazole rings is 1. The van der Waals surface area contributed by atoms with E-state index >= 15 is 0 Å². The second kappa shape index (κ2) is 7.35. The Morgan fingerprint density at radius 2 is 1.83 bits per heavy atom. The topological polar surface area (TPSA) is 43.4 Å². The molecule has 0 aliphatic heterocycles. The summed E-state index contributed by atoms with van der Waals surface area (Å²) in [6, 6.07) is 15.3. The third-order valence-corrected chi connectivity index (χ3v) is 4.27. The van der Waals surface area contributed by atoms with Crippen molar-refractivity contribution < 1.29 is 9.47 Å². The molecule has 0 atom stereocenters. The quantitative estimate of drug-likeness (QED) is 0.665. The van der Waals surface area contributed by atoms with Crippen LogP contribution in [0.3, 0.4) is 0 Å². The van der Waals surface area contributed by atoms with Crippen molar-refractivity contribution in [2.24, 2.45) is 0 Å². The lowest BCUT2D eigenvalue weighted by Gasteiger charge is -2.12. The number of ether oxygens (including phenoxy) is 2. The van der Waals surface area contributed by atoms with Gasteiger partial charge in [-0.05, 0) is 36.4 Å². The summed E-state index contributed by atoms with van der Waals surface area (Å²) >= 11 is 7.31. The van der Waals surface area contributed by atoms with E-state index in [1.54, 1.807) is 13.3 Å². The predicted molar refractivity (Wildman–Crippen MR) is 94.0 cm³/mol. The molecule has 0 radical (unpaired) electrons. The van der Waals surface area contributed by atoms with E-state index < -0.39 is 0 Å². The van der Waals surface area contributed by atoms with Crippen LogP contribution in [0.15, 0.2) is 54.7 Å². The number of anilines is 1. The Balaban J connectivity index is 1.71. The Hall–Kier alpha value is -2.24. The number of rotatable bonds is 6. The van der Waals surface area contributed by atoms with E-state index in [1.165, 1.54) is 11.3 Å². The van der Waals surface area contributed by atoms with Crippen LogP contribution in [0, 0.1) is 0 Å². The molecule has 2 aromatic carbocycles. The van der Waals surface area contributed by atoms with Gasteiger partial charge in [-0.2, -0.15) is 0 Å². The number of nitrogens with one attached hydrogen (secondary N) is 1. The highest BCUT2D eigenvalue weighted by atomic mass is 35.5. The van der Waals surface area contributed by atoms with Gasteiger partial charge in [0.25, 0.3) is 0 Å². The highest BCUT2D eigenvalue weighted by molar-refractivity contribution is 7.15. The minimum Gasteiger partial charge on any atom is -0.497 e. The second-order valence-electron chi connectivity index (χ2n) is 4.71. The summed E-state index contributed by atoms with van der Waals surface area (Å²) < 4.78 is 11.6. The minimum atomic E-state index is 0.546. The molecule has 1 aromatic heterocycles. The van der Waals surface area contributed by atoms with E-state index in [0.717, 1.165) is 27.8 Å². The first-order chi connectivity index (χ1) is 11.2. The summed E-state index contributed by atoms with van der Waals surface area (Å²) in [7, 11) is 1.64. The number of halogens is 1. The zero-order valence-corrected chi connectivity index (χ0v) is 14.0. The van der Waals surface area contributed by atoms with E-state index in [1.807, 2.05) is 48.5 Å². The Morgan fingerprint density at radius 3 is 2.52 bits per heavy atom. The molecule has 6 heteroatoms. The van der Waals surface area contributed by atoms with Crippen molar-refractivity contribution in [2.75, 3.05) is 12.4 Å². The fraction of sp³-hybridized carbons (Fsp3) is 0.118. The van der Waals surface area contributed by atoms with Crippen LogP contribution < -0.4 is 14.8 Å². The van der Waals surface area contributed by atoms with Gasteiger partial charge in [0.05, 0.1) is 19.3 Å². The SMILES string of the molecule is COc1ccc(Oc2ccccc2NCc2cnc(Cl)s2)cc1. The first-order valence-corrected chi connectivity index (χ1v) is 8.19. The molecule has 0 aliphatic rings. The maximum absolute atomic E-state index is 5.95. The van der Waals surface area contributed by atoms with Crippen LogP contribution in [0.2, 0.25) is 4.47 Å². The van der Waals surface area contributed by atoms with E-state index in [2.05, 4.69) is 10.3 Å². The van der Waals surface area contributed by atoms with Crippen LogP contribution in [-0.4, -0.2) is 12.1 Å². The van der Waals surface area contributed by atoms with Gasteiger partial charge in [0.15, 0.2) is 10.2 Å². The lowest BCUT2D eigenvalue weighted by atomic mass is 10.2. The highest BCUT2D eigenvalue weighted by Crippen LogP contribution is 2.31. The molecule has 1 heterocycles. The molecule has 23 heavy (non-hydrogen) atoms. The average molecular weight is 347 g/mol. The number of hydrogen-bond donors (Lipinski definition) is 1. The van der Waals surface area contributed by atoms with Crippen LogP contribution >= 0.6 is 22.9 Å². The van der Waals surface area contributed by atoms with Crippen LogP contribution in [0.5, 0.6) is 17.2 Å². The van der Waals surface area contributed by atoms with Crippen molar-refractivity contribution in [3.8, 4) is 17.2 Å². The Kier molecular flexibility index (Phi) is 5.00. The molecular weight excluding hydrogens is 332 g/mol. The Morgan fingerprint density at radius 1 is 1.09 bits per heavy atom. The van der Waals surface area contributed by atoms with Crippen LogP contribution in [-0.2, 0) is 6.54 Å². The van der Waals surface area contributed by atoms with E-state index in [-0.39, 0.29) is 0 Å². The molecule has 4 nitrogen and oxygen atoms in total. The first kappa shape index (κ1) is 15.6. The fourth-order valence-corrected chi connectivity index (χ4v) is 2.94. The molecule has 0 saturated heterocycles. The summed E-state index contributed by atoms with van der Waals surface area (Å²) in [4.78, 5) is 5.10. The van der Waals surface area contributed by atoms with Gasteiger partial charge in [0, 0.05) is 11.1 Å². The van der Waals surface area contributed by atoms with Crippen molar-refractivity contribution in [1.29, 1.82) is 0 Å². The van der Waals surface area contributed by atoms with Gasteiger partial charge in [0.2, 0.25) is 0 Å². The Labute approximate surface area is 143 Å². The molecule has 0 saturated carbocycles. The summed E-state index contributed by atoms with van der Waals surface area (Å²) in [5.74, 6) is 2.31. The average Bonchev–Trinajstić information content (AvgIpc) is 3.00. The second-order valence-corrected chi connectivity index (χ2v) is 6.40. The number of aromatic nitrogens is 1. The van der Waals surface area contributed by atoms with E-state index in [0.29, 0.717) is 11.0 Å². The summed E-state index contributed by atoms with van der Waals surface area (Å²) in [5.41, 5.74) is 0.910. The normalized spacial score (nSPS) is 10.3. The zero-order valence-electron chi connectivity index (χ0n) is 12.5. The summed E-state index contributed by atoms with van der Waals surface area (Å²) in [5, 5.41) is 3.35. The maximum atomic E-state index is 5.95. The minimum absolute atomic E-state index is 0.546. The molecule has 0 spiro atoms. The summed E-state index contributed by atoms with van der Waals surface area (Å²) in [6.45, 7) is 0.646. The van der Waals surface area contributed by atoms with E-state index in [9.17, 15) is 0 Å². The van der Waals surface area contributed by atoms with Gasteiger partial charge >= 0.3 is 0 Å². The molecule has 0 fully saturated rings. The molecule has 3 aromatic rings. The standard InChI is InChI=1S/C17H15ClN2O2S/c1-21-12-6-8-13(9-7-12)22-16-5-3-2-4-15(16)19-10-14-11-20-17(18)23-14/h2-9,11,19H,10H2,1H3. The number of methoxy groups -OCH3 is 1. The molecular formula is C17H15ClN2O2S. The maximum Gasteiger partial charge on any atom is 0.183 e. The van der Waals surface area contributed by atoms with Gasteiger partial charge in [-0.15, -0.1) is 11.3 Å². The number of hydrogen-bond acceptors (Lipinski definition) is 5. The molecule has 0 bridgehead atoms. The number of benzene rings is 2. The smallest absolute Gasteiger partial charge is 0.183 e. The van der Waals surface area contributed by atoms with Crippen LogP contribution in [0.1, 0.15) is 4.88 Å². The third kappa shape index (κ3) is 4.15. The predicted octanol–water partition coefficient (Wildman–Crippen LogP) is 5.21. The molecule has 1 N–H and O–H groups in total. The Bertz CT molecular complexity index is 774. The molecule has 0 unspecified atom stereocenters. The first-order valence-electron chi connectivity index (χ1n) is 6.99. The molecule has 0 amide bonds. The van der Waals surface area contributed by atoms with Crippen molar-refractivity contribution in [3.63, 3.8) is 0 Å². The van der Waals surface area contributed by atoms with Crippen LogP contribution in [0.25, 0.3) is 0 Å². The summed E-state index contributed by atoms with van der Waals surface area (Å²) in [6.07, 6.45) is 1.77. The molecule has 0 aliphatic carbocycles. The van der Waals surface area contributed by atoms with Crippen molar-refractivity contribution in [3.05, 3.63) is 64.1 Å². The fourth-order valence-electron chi connectivity index (χ4n) is 2.02. The molecule has 118 valence electrons. The number of para-hydroxylation sites is 2. The monoisotopic (exact) mass is 346 g/mol.